The first-order valence-corrected chi connectivity index (χ1v) is 5.99. The average Bonchev–Trinajstić information content (AvgIpc) is 2.28. The number of hydrogen-bond acceptors (Lipinski definition) is 1. The standard InChI is InChI=1S/C14H21N/c1-10-4-3-5-12-6-7-13(8-14(10)12)11(2)9-15/h3-5,11,13H,6-9,15H2,1-2H3. The molecule has 1 aromatic carbocycles. The Bertz CT molecular complexity index is 343. The van der Waals surface area contributed by atoms with Crippen molar-refractivity contribution in [2.45, 2.75) is 33.1 Å². The van der Waals surface area contributed by atoms with Gasteiger partial charge in [-0.2, -0.15) is 0 Å². The zero-order valence-corrected chi connectivity index (χ0v) is 9.79. The predicted molar refractivity (Wildman–Crippen MR) is 64.9 cm³/mol. The zero-order chi connectivity index (χ0) is 10.8. The van der Waals surface area contributed by atoms with Gasteiger partial charge < -0.3 is 5.73 Å². The lowest BCUT2D eigenvalue weighted by Gasteiger charge is -2.29. The number of rotatable bonds is 2. The van der Waals surface area contributed by atoms with Gasteiger partial charge in [0.05, 0.1) is 0 Å². The van der Waals surface area contributed by atoms with E-state index in [2.05, 4.69) is 32.0 Å². The van der Waals surface area contributed by atoms with Crippen molar-refractivity contribution in [1.29, 1.82) is 0 Å². The topological polar surface area (TPSA) is 26.0 Å². The summed E-state index contributed by atoms with van der Waals surface area (Å²) >= 11 is 0. The minimum Gasteiger partial charge on any atom is -0.330 e. The normalized spacial score (nSPS) is 22.2. The van der Waals surface area contributed by atoms with Crippen LogP contribution >= 0.6 is 0 Å². The van der Waals surface area contributed by atoms with E-state index < -0.39 is 0 Å². The molecule has 0 aliphatic heterocycles. The maximum absolute atomic E-state index is 5.76. The predicted octanol–water partition coefficient (Wildman–Crippen LogP) is 2.69. The summed E-state index contributed by atoms with van der Waals surface area (Å²) in [4.78, 5) is 0. The number of hydrogen-bond donors (Lipinski definition) is 1. The van der Waals surface area contributed by atoms with Crippen molar-refractivity contribution in [3.63, 3.8) is 0 Å². The SMILES string of the molecule is Cc1cccc2c1CC(C(C)CN)CC2. The number of fused-ring (bicyclic) bond motifs is 1. The Labute approximate surface area is 92.7 Å². The van der Waals surface area contributed by atoms with Crippen LogP contribution in [0.2, 0.25) is 0 Å². The highest BCUT2D eigenvalue weighted by atomic mass is 14.5. The second-order valence-electron chi connectivity index (χ2n) is 4.93. The minimum atomic E-state index is 0.665. The van der Waals surface area contributed by atoms with Gasteiger partial charge in [-0.1, -0.05) is 25.1 Å². The van der Waals surface area contributed by atoms with E-state index >= 15 is 0 Å². The van der Waals surface area contributed by atoms with Crippen LogP contribution in [-0.4, -0.2) is 6.54 Å². The first-order valence-electron chi connectivity index (χ1n) is 5.99. The molecule has 2 unspecified atom stereocenters. The van der Waals surface area contributed by atoms with Gasteiger partial charge in [0.25, 0.3) is 0 Å². The zero-order valence-electron chi connectivity index (χ0n) is 9.79. The van der Waals surface area contributed by atoms with Gasteiger partial charge in [-0.3, -0.25) is 0 Å². The Kier molecular flexibility index (Phi) is 3.11. The van der Waals surface area contributed by atoms with Crippen molar-refractivity contribution < 1.29 is 0 Å². The largest absolute Gasteiger partial charge is 0.330 e. The highest BCUT2D eigenvalue weighted by Crippen LogP contribution is 2.31. The highest BCUT2D eigenvalue weighted by Gasteiger charge is 2.23. The summed E-state index contributed by atoms with van der Waals surface area (Å²) in [5.41, 5.74) is 10.4. The molecule has 0 spiro atoms. The molecule has 0 aromatic heterocycles. The molecule has 1 nitrogen and oxygen atoms in total. The van der Waals surface area contributed by atoms with Crippen molar-refractivity contribution in [3.8, 4) is 0 Å². The highest BCUT2D eigenvalue weighted by molar-refractivity contribution is 5.36. The van der Waals surface area contributed by atoms with Crippen LogP contribution in [-0.2, 0) is 12.8 Å². The summed E-state index contributed by atoms with van der Waals surface area (Å²) in [6.45, 7) is 5.34. The van der Waals surface area contributed by atoms with Gasteiger partial charge in [0.2, 0.25) is 0 Å². The van der Waals surface area contributed by atoms with Gasteiger partial charge in [0, 0.05) is 0 Å². The molecule has 1 aliphatic carbocycles. The van der Waals surface area contributed by atoms with E-state index in [1.807, 2.05) is 0 Å². The third kappa shape index (κ3) is 2.07. The third-order valence-corrected chi connectivity index (χ3v) is 3.93. The van der Waals surface area contributed by atoms with Crippen molar-refractivity contribution in [2.75, 3.05) is 6.54 Å². The number of nitrogens with two attached hydrogens (primary N) is 1. The maximum Gasteiger partial charge on any atom is -0.00487 e. The van der Waals surface area contributed by atoms with Crippen LogP contribution in [0.4, 0.5) is 0 Å². The van der Waals surface area contributed by atoms with Crippen molar-refractivity contribution >= 4 is 0 Å². The molecule has 2 N–H and O–H groups in total. The summed E-state index contributed by atoms with van der Waals surface area (Å²) in [5, 5.41) is 0. The smallest absolute Gasteiger partial charge is 0.00487 e. The quantitative estimate of drug-likeness (QED) is 0.785. The van der Waals surface area contributed by atoms with Gasteiger partial charge in [-0.25, -0.2) is 0 Å². The van der Waals surface area contributed by atoms with Crippen LogP contribution in [0.5, 0.6) is 0 Å². The van der Waals surface area contributed by atoms with Crippen LogP contribution < -0.4 is 5.73 Å². The van der Waals surface area contributed by atoms with E-state index in [4.69, 9.17) is 5.73 Å². The van der Waals surface area contributed by atoms with E-state index in [0.717, 1.165) is 12.5 Å². The Morgan fingerprint density at radius 2 is 2.27 bits per heavy atom. The fraction of sp³-hybridized carbons (Fsp3) is 0.571. The molecule has 1 aromatic rings. The lowest BCUT2D eigenvalue weighted by molar-refractivity contribution is 0.326. The molecule has 0 amide bonds. The molecule has 0 fully saturated rings. The van der Waals surface area contributed by atoms with E-state index in [-0.39, 0.29) is 0 Å². The molecule has 0 bridgehead atoms. The lowest BCUT2D eigenvalue weighted by Crippen LogP contribution is -2.26. The van der Waals surface area contributed by atoms with Crippen LogP contribution in [0.25, 0.3) is 0 Å². The molecule has 0 saturated heterocycles. The van der Waals surface area contributed by atoms with Crippen LogP contribution in [0, 0.1) is 18.8 Å². The second-order valence-corrected chi connectivity index (χ2v) is 4.93. The van der Waals surface area contributed by atoms with Crippen molar-refractivity contribution in [2.24, 2.45) is 17.6 Å². The Balaban J connectivity index is 2.22. The molecule has 2 rings (SSSR count). The monoisotopic (exact) mass is 203 g/mol. The Morgan fingerprint density at radius 1 is 1.47 bits per heavy atom. The first-order chi connectivity index (χ1) is 7.22. The van der Waals surface area contributed by atoms with Crippen molar-refractivity contribution in [3.05, 3.63) is 34.9 Å². The van der Waals surface area contributed by atoms with Gasteiger partial charge in [-0.05, 0) is 61.3 Å². The van der Waals surface area contributed by atoms with Gasteiger partial charge in [-0.15, -0.1) is 0 Å². The first kappa shape index (κ1) is 10.7. The summed E-state index contributed by atoms with van der Waals surface area (Å²) in [6, 6.07) is 6.70. The molecule has 0 heterocycles. The van der Waals surface area contributed by atoms with Crippen LogP contribution in [0.1, 0.15) is 30.0 Å². The molecule has 1 heteroatoms. The lowest BCUT2D eigenvalue weighted by atomic mass is 9.76. The van der Waals surface area contributed by atoms with Crippen LogP contribution in [0.3, 0.4) is 0 Å². The third-order valence-electron chi connectivity index (χ3n) is 3.93. The van der Waals surface area contributed by atoms with E-state index in [1.54, 1.807) is 11.1 Å². The Hall–Kier alpha value is -0.820. The van der Waals surface area contributed by atoms with E-state index in [9.17, 15) is 0 Å². The molecular formula is C14H21N. The second kappa shape index (κ2) is 4.36. The van der Waals surface area contributed by atoms with Gasteiger partial charge >= 0.3 is 0 Å². The molecule has 0 radical (unpaired) electrons. The number of aryl methyl sites for hydroxylation is 2. The molecule has 0 saturated carbocycles. The molecule has 15 heavy (non-hydrogen) atoms. The number of benzene rings is 1. The summed E-state index contributed by atoms with van der Waals surface area (Å²) in [6.07, 6.45) is 3.79. The van der Waals surface area contributed by atoms with E-state index in [0.29, 0.717) is 5.92 Å². The van der Waals surface area contributed by atoms with E-state index in [1.165, 1.54) is 24.8 Å². The van der Waals surface area contributed by atoms with Gasteiger partial charge in [0.1, 0.15) is 0 Å². The summed E-state index contributed by atoms with van der Waals surface area (Å²) in [5.74, 6) is 1.46. The maximum atomic E-state index is 5.76. The Morgan fingerprint density at radius 3 is 3.00 bits per heavy atom. The molecular weight excluding hydrogens is 182 g/mol. The minimum absolute atomic E-state index is 0.665. The van der Waals surface area contributed by atoms with Gasteiger partial charge in [0.15, 0.2) is 0 Å². The fourth-order valence-corrected chi connectivity index (χ4v) is 2.67. The molecule has 82 valence electrons. The summed E-state index contributed by atoms with van der Waals surface area (Å²) < 4.78 is 0. The van der Waals surface area contributed by atoms with Crippen molar-refractivity contribution in [1.82, 2.24) is 0 Å². The molecule has 1 aliphatic rings. The average molecular weight is 203 g/mol. The molecule has 2 atom stereocenters. The summed E-state index contributed by atoms with van der Waals surface area (Å²) in [7, 11) is 0. The van der Waals surface area contributed by atoms with Crippen LogP contribution in [0.15, 0.2) is 18.2 Å². The fourth-order valence-electron chi connectivity index (χ4n) is 2.67.